The summed E-state index contributed by atoms with van der Waals surface area (Å²) in [7, 11) is 0. The minimum absolute atomic E-state index is 0.338. The molecule has 21 heavy (non-hydrogen) atoms. The average Bonchev–Trinajstić information content (AvgIpc) is 2.50. The molecular formula is C17H18FN3. The summed E-state index contributed by atoms with van der Waals surface area (Å²) in [6.45, 7) is 2.40. The maximum Gasteiger partial charge on any atom is 0.129 e. The Hall–Kier alpha value is -2.22. The highest BCUT2D eigenvalue weighted by atomic mass is 19.1. The summed E-state index contributed by atoms with van der Waals surface area (Å²) in [4.78, 5) is 2.10. The molecule has 0 fully saturated rings. The van der Waals surface area contributed by atoms with E-state index in [4.69, 9.17) is 11.0 Å². The molecule has 0 aliphatic carbocycles. The summed E-state index contributed by atoms with van der Waals surface area (Å²) < 4.78 is 14.0. The van der Waals surface area contributed by atoms with Crippen LogP contribution in [0.1, 0.15) is 16.7 Å². The van der Waals surface area contributed by atoms with Crippen molar-refractivity contribution in [3.8, 4) is 6.07 Å². The SMILES string of the molecule is N#Cc1ccc(CN(CCN)Cc2ccccc2)c(F)c1. The van der Waals surface area contributed by atoms with Crippen LogP contribution in [0.3, 0.4) is 0 Å². The van der Waals surface area contributed by atoms with Crippen molar-refractivity contribution in [2.24, 2.45) is 5.73 Å². The van der Waals surface area contributed by atoms with Crippen LogP contribution in [0.25, 0.3) is 0 Å². The maximum absolute atomic E-state index is 14.0. The molecule has 0 bridgehead atoms. The van der Waals surface area contributed by atoms with Gasteiger partial charge in [0.15, 0.2) is 0 Å². The highest BCUT2D eigenvalue weighted by Gasteiger charge is 2.10. The predicted octanol–water partition coefficient (Wildman–Crippen LogP) is 2.66. The minimum atomic E-state index is -0.343. The Bertz CT molecular complexity index is 620. The Morgan fingerprint density at radius 2 is 1.86 bits per heavy atom. The quantitative estimate of drug-likeness (QED) is 0.886. The third-order valence-electron chi connectivity index (χ3n) is 3.27. The molecule has 0 amide bonds. The van der Waals surface area contributed by atoms with Gasteiger partial charge >= 0.3 is 0 Å². The fourth-order valence-corrected chi connectivity index (χ4v) is 2.22. The van der Waals surface area contributed by atoms with Crippen LogP contribution >= 0.6 is 0 Å². The first kappa shape index (κ1) is 15.2. The van der Waals surface area contributed by atoms with E-state index in [2.05, 4.69) is 4.90 Å². The van der Waals surface area contributed by atoms with Crippen molar-refractivity contribution in [3.63, 3.8) is 0 Å². The molecule has 0 aromatic heterocycles. The molecule has 2 N–H and O–H groups in total. The molecular weight excluding hydrogens is 265 g/mol. The number of nitriles is 1. The molecule has 3 nitrogen and oxygen atoms in total. The Labute approximate surface area is 124 Å². The Balaban J connectivity index is 2.11. The summed E-state index contributed by atoms with van der Waals surface area (Å²) >= 11 is 0. The number of benzene rings is 2. The molecule has 4 heteroatoms. The van der Waals surface area contributed by atoms with E-state index in [0.717, 1.165) is 6.54 Å². The van der Waals surface area contributed by atoms with Crippen LogP contribution in [-0.2, 0) is 13.1 Å². The molecule has 0 unspecified atom stereocenters. The lowest BCUT2D eigenvalue weighted by molar-refractivity contribution is 0.260. The van der Waals surface area contributed by atoms with E-state index >= 15 is 0 Å². The number of hydrogen-bond acceptors (Lipinski definition) is 3. The zero-order valence-corrected chi connectivity index (χ0v) is 11.8. The molecule has 0 heterocycles. The topological polar surface area (TPSA) is 53.0 Å². The fourth-order valence-electron chi connectivity index (χ4n) is 2.22. The van der Waals surface area contributed by atoms with Crippen molar-refractivity contribution in [2.75, 3.05) is 13.1 Å². The second kappa shape index (κ2) is 7.53. The lowest BCUT2D eigenvalue weighted by Gasteiger charge is -2.22. The van der Waals surface area contributed by atoms with Crippen LogP contribution in [0.5, 0.6) is 0 Å². The van der Waals surface area contributed by atoms with Crippen molar-refractivity contribution in [1.82, 2.24) is 4.90 Å². The van der Waals surface area contributed by atoms with Gasteiger partial charge in [0.1, 0.15) is 5.82 Å². The molecule has 0 atom stereocenters. The first-order chi connectivity index (χ1) is 10.2. The van der Waals surface area contributed by atoms with Crippen LogP contribution in [0.15, 0.2) is 48.5 Å². The van der Waals surface area contributed by atoms with Crippen molar-refractivity contribution < 1.29 is 4.39 Å². The van der Waals surface area contributed by atoms with E-state index in [9.17, 15) is 4.39 Å². The molecule has 2 rings (SSSR count). The average molecular weight is 283 g/mol. The minimum Gasteiger partial charge on any atom is -0.329 e. The van der Waals surface area contributed by atoms with Gasteiger partial charge in [-0.1, -0.05) is 36.4 Å². The molecule has 0 spiro atoms. The molecule has 2 aromatic carbocycles. The lowest BCUT2D eigenvalue weighted by atomic mass is 10.1. The van der Waals surface area contributed by atoms with E-state index in [1.54, 1.807) is 12.1 Å². The van der Waals surface area contributed by atoms with E-state index in [1.807, 2.05) is 36.4 Å². The molecule has 0 radical (unpaired) electrons. The second-order valence-electron chi connectivity index (χ2n) is 4.90. The fraction of sp³-hybridized carbons (Fsp3) is 0.235. The molecule has 108 valence electrons. The molecule has 0 aliphatic heterocycles. The number of halogens is 1. The predicted molar refractivity (Wildman–Crippen MR) is 80.7 cm³/mol. The van der Waals surface area contributed by atoms with E-state index in [0.29, 0.717) is 30.8 Å². The van der Waals surface area contributed by atoms with Gasteiger partial charge in [0, 0.05) is 31.7 Å². The van der Waals surface area contributed by atoms with Gasteiger partial charge in [-0.3, -0.25) is 4.90 Å². The lowest BCUT2D eigenvalue weighted by Crippen LogP contribution is -2.29. The summed E-state index contributed by atoms with van der Waals surface area (Å²) in [6.07, 6.45) is 0. The highest BCUT2D eigenvalue weighted by molar-refractivity contribution is 5.32. The number of rotatable bonds is 6. The van der Waals surface area contributed by atoms with Gasteiger partial charge in [-0.05, 0) is 17.7 Å². The third kappa shape index (κ3) is 4.38. The Morgan fingerprint density at radius 3 is 2.48 bits per heavy atom. The zero-order valence-electron chi connectivity index (χ0n) is 11.8. The maximum atomic E-state index is 14.0. The van der Waals surface area contributed by atoms with E-state index in [-0.39, 0.29) is 5.82 Å². The van der Waals surface area contributed by atoms with Gasteiger partial charge in [-0.25, -0.2) is 4.39 Å². The van der Waals surface area contributed by atoms with Crippen molar-refractivity contribution >= 4 is 0 Å². The van der Waals surface area contributed by atoms with Crippen LogP contribution in [0.4, 0.5) is 4.39 Å². The van der Waals surface area contributed by atoms with Crippen LogP contribution in [0.2, 0.25) is 0 Å². The third-order valence-corrected chi connectivity index (χ3v) is 3.27. The van der Waals surface area contributed by atoms with Gasteiger partial charge in [-0.15, -0.1) is 0 Å². The second-order valence-corrected chi connectivity index (χ2v) is 4.90. The monoisotopic (exact) mass is 283 g/mol. The van der Waals surface area contributed by atoms with Crippen LogP contribution in [-0.4, -0.2) is 18.0 Å². The first-order valence-corrected chi connectivity index (χ1v) is 6.88. The van der Waals surface area contributed by atoms with Gasteiger partial charge in [0.2, 0.25) is 0 Å². The number of nitrogens with two attached hydrogens (primary N) is 1. The van der Waals surface area contributed by atoms with E-state index in [1.165, 1.54) is 11.6 Å². The summed E-state index contributed by atoms with van der Waals surface area (Å²) in [5.41, 5.74) is 7.73. The van der Waals surface area contributed by atoms with E-state index < -0.39 is 0 Å². The Kier molecular flexibility index (Phi) is 5.44. The zero-order chi connectivity index (χ0) is 15.1. The largest absolute Gasteiger partial charge is 0.329 e. The van der Waals surface area contributed by atoms with Gasteiger partial charge in [0.05, 0.1) is 11.6 Å². The first-order valence-electron chi connectivity index (χ1n) is 6.88. The number of nitrogens with zero attached hydrogens (tertiary/aromatic N) is 2. The molecule has 0 saturated heterocycles. The normalized spacial score (nSPS) is 10.6. The van der Waals surface area contributed by atoms with Crippen molar-refractivity contribution in [2.45, 2.75) is 13.1 Å². The summed E-state index contributed by atoms with van der Waals surface area (Å²) in [5, 5.41) is 8.77. The summed E-state index contributed by atoms with van der Waals surface area (Å²) in [5.74, 6) is -0.343. The smallest absolute Gasteiger partial charge is 0.129 e. The molecule has 0 aliphatic rings. The van der Waals surface area contributed by atoms with Gasteiger partial charge in [-0.2, -0.15) is 5.26 Å². The number of hydrogen-bond donors (Lipinski definition) is 1. The van der Waals surface area contributed by atoms with Crippen LogP contribution < -0.4 is 5.73 Å². The molecule has 2 aromatic rings. The Morgan fingerprint density at radius 1 is 1.10 bits per heavy atom. The standard InChI is InChI=1S/C17H18FN3/c18-17-10-15(11-20)6-7-16(17)13-21(9-8-19)12-14-4-2-1-3-5-14/h1-7,10H,8-9,12-13,19H2. The van der Waals surface area contributed by atoms with Crippen molar-refractivity contribution in [3.05, 3.63) is 71.0 Å². The highest BCUT2D eigenvalue weighted by Crippen LogP contribution is 2.14. The van der Waals surface area contributed by atoms with Crippen LogP contribution in [0, 0.1) is 17.1 Å². The molecule has 0 saturated carbocycles. The summed E-state index contributed by atoms with van der Waals surface area (Å²) in [6, 6.07) is 16.5. The van der Waals surface area contributed by atoms with Gasteiger partial charge in [0.25, 0.3) is 0 Å². The van der Waals surface area contributed by atoms with Gasteiger partial charge < -0.3 is 5.73 Å². The van der Waals surface area contributed by atoms with Crippen molar-refractivity contribution in [1.29, 1.82) is 5.26 Å².